The zero-order valence-electron chi connectivity index (χ0n) is 16.5. The molecule has 2 rings (SSSR count). The third-order valence-electron chi connectivity index (χ3n) is 4.31. The van der Waals surface area contributed by atoms with Crippen LogP contribution in [0.2, 0.25) is 0 Å². The highest BCUT2D eigenvalue weighted by molar-refractivity contribution is 5.79. The highest BCUT2D eigenvalue weighted by atomic mass is 19.4. The van der Waals surface area contributed by atoms with Gasteiger partial charge >= 0.3 is 6.18 Å². The van der Waals surface area contributed by atoms with E-state index < -0.39 is 12.8 Å². The van der Waals surface area contributed by atoms with E-state index in [2.05, 4.69) is 22.5 Å². The van der Waals surface area contributed by atoms with Gasteiger partial charge in [0.2, 0.25) is 0 Å². The Balaban J connectivity index is 2.00. The van der Waals surface area contributed by atoms with E-state index in [1.165, 1.54) is 13.2 Å². The summed E-state index contributed by atoms with van der Waals surface area (Å²) in [7, 11) is 1.39. The maximum Gasteiger partial charge on any atom is 0.422 e. The van der Waals surface area contributed by atoms with E-state index in [-0.39, 0.29) is 17.1 Å². The first kappa shape index (κ1) is 22.1. The SMILES string of the molecule is CCNC(=NCc1ccc(OCC(F)(F)F)c(OC)c1)NCC1(C)CCCO1. The second-order valence-corrected chi connectivity index (χ2v) is 6.84. The summed E-state index contributed by atoms with van der Waals surface area (Å²) in [4.78, 5) is 4.53. The molecule has 28 heavy (non-hydrogen) atoms. The summed E-state index contributed by atoms with van der Waals surface area (Å²) in [6.45, 7) is 5.14. The molecule has 6 nitrogen and oxygen atoms in total. The van der Waals surface area contributed by atoms with Gasteiger partial charge in [-0.05, 0) is 44.4 Å². The number of hydrogen-bond donors (Lipinski definition) is 2. The van der Waals surface area contributed by atoms with Crippen LogP contribution in [-0.2, 0) is 11.3 Å². The Morgan fingerprint density at radius 3 is 2.68 bits per heavy atom. The molecule has 158 valence electrons. The summed E-state index contributed by atoms with van der Waals surface area (Å²) in [6.07, 6.45) is -2.36. The van der Waals surface area contributed by atoms with E-state index in [1.54, 1.807) is 12.1 Å². The Hall–Kier alpha value is -2.16. The van der Waals surface area contributed by atoms with Crippen molar-refractivity contribution >= 4 is 5.96 Å². The van der Waals surface area contributed by atoms with Crippen LogP contribution in [-0.4, -0.2) is 51.1 Å². The van der Waals surface area contributed by atoms with Gasteiger partial charge in [-0.1, -0.05) is 6.07 Å². The van der Waals surface area contributed by atoms with Gasteiger partial charge in [-0.3, -0.25) is 0 Å². The van der Waals surface area contributed by atoms with Crippen LogP contribution in [0.1, 0.15) is 32.3 Å². The summed E-state index contributed by atoms with van der Waals surface area (Å²) >= 11 is 0. The molecule has 1 aromatic rings. The Morgan fingerprint density at radius 1 is 1.29 bits per heavy atom. The Bertz CT molecular complexity index is 660. The average molecular weight is 403 g/mol. The number of halogens is 3. The molecule has 0 saturated carbocycles. The van der Waals surface area contributed by atoms with Crippen molar-refractivity contribution in [1.82, 2.24) is 10.6 Å². The van der Waals surface area contributed by atoms with Crippen molar-refractivity contribution < 1.29 is 27.4 Å². The van der Waals surface area contributed by atoms with E-state index >= 15 is 0 Å². The lowest BCUT2D eigenvalue weighted by Crippen LogP contribution is -2.45. The summed E-state index contributed by atoms with van der Waals surface area (Å²) in [5.74, 6) is 0.932. The van der Waals surface area contributed by atoms with Crippen LogP contribution in [0.5, 0.6) is 11.5 Å². The number of ether oxygens (including phenoxy) is 3. The maximum atomic E-state index is 12.3. The summed E-state index contributed by atoms with van der Waals surface area (Å²) in [5.41, 5.74) is 0.591. The van der Waals surface area contributed by atoms with Gasteiger partial charge in [-0.25, -0.2) is 4.99 Å². The molecule has 1 atom stereocenters. The normalized spacial score (nSPS) is 20.1. The van der Waals surface area contributed by atoms with E-state index in [9.17, 15) is 13.2 Å². The molecule has 1 aliphatic rings. The maximum absolute atomic E-state index is 12.3. The molecule has 9 heteroatoms. The van der Waals surface area contributed by atoms with Gasteiger partial charge < -0.3 is 24.8 Å². The highest BCUT2D eigenvalue weighted by Gasteiger charge is 2.30. The van der Waals surface area contributed by atoms with Crippen LogP contribution in [0.3, 0.4) is 0 Å². The Labute approximate surface area is 163 Å². The number of alkyl halides is 3. The van der Waals surface area contributed by atoms with Crippen molar-refractivity contribution in [1.29, 1.82) is 0 Å². The zero-order chi connectivity index (χ0) is 20.6. The number of benzene rings is 1. The molecule has 1 fully saturated rings. The summed E-state index contributed by atoms with van der Waals surface area (Å²) in [6, 6.07) is 4.76. The number of hydrogen-bond acceptors (Lipinski definition) is 4. The first-order chi connectivity index (χ1) is 13.2. The zero-order valence-corrected chi connectivity index (χ0v) is 16.5. The first-order valence-corrected chi connectivity index (χ1v) is 9.27. The molecule has 0 aromatic heterocycles. The lowest BCUT2D eigenvalue weighted by Gasteiger charge is -2.24. The summed E-state index contributed by atoms with van der Waals surface area (Å²) < 4.78 is 52.7. The van der Waals surface area contributed by atoms with Gasteiger partial charge in [0.05, 0.1) is 19.3 Å². The molecule has 1 aliphatic heterocycles. The number of guanidine groups is 1. The van der Waals surface area contributed by atoms with Crippen molar-refractivity contribution in [3.63, 3.8) is 0 Å². The van der Waals surface area contributed by atoms with E-state index in [0.29, 0.717) is 25.6 Å². The molecule has 0 spiro atoms. The van der Waals surface area contributed by atoms with Gasteiger partial charge in [0.1, 0.15) is 0 Å². The molecule has 0 aliphatic carbocycles. The molecule has 0 amide bonds. The molecule has 1 aromatic carbocycles. The lowest BCUT2D eigenvalue weighted by atomic mass is 10.0. The number of nitrogens with one attached hydrogen (secondary N) is 2. The second-order valence-electron chi connectivity index (χ2n) is 6.84. The van der Waals surface area contributed by atoms with Gasteiger partial charge in [-0.15, -0.1) is 0 Å². The third kappa shape index (κ3) is 7.10. The standard InChI is InChI=1S/C19H28F3N3O3/c1-4-23-17(25-12-18(2)8-5-9-28-18)24-11-14-6-7-15(16(10-14)26-3)27-13-19(20,21)22/h6-7,10H,4-5,8-9,11-13H2,1-3H3,(H2,23,24,25). The average Bonchev–Trinajstić information content (AvgIpc) is 3.08. The van der Waals surface area contributed by atoms with Crippen molar-refractivity contribution in [3.8, 4) is 11.5 Å². The molecule has 1 heterocycles. The Morgan fingerprint density at radius 2 is 2.07 bits per heavy atom. The molecule has 0 radical (unpaired) electrons. The van der Waals surface area contributed by atoms with E-state index in [4.69, 9.17) is 14.2 Å². The quantitative estimate of drug-likeness (QED) is 0.515. The minimum Gasteiger partial charge on any atom is -0.493 e. The van der Waals surface area contributed by atoms with Crippen LogP contribution in [0, 0.1) is 0 Å². The number of rotatable bonds is 8. The first-order valence-electron chi connectivity index (χ1n) is 9.27. The highest BCUT2D eigenvalue weighted by Crippen LogP contribution is 2.30. The van der Waals surface area contributed by atoms with Gasteiger partial charge in [0, 0.05) is 19.7 Å². The number of aliphatic imine (C=N–C) groups is 1. The summed E-state index contributed by atoms with van der Waals surface area (Å²) in [5, 5.41) is 6.46. The molecular formula is C19H28F3N3O3. The van der Waals surface area contributed by atoms with Crippen molar-refractivity contribution in [3.05, 3.63) is 23.8 Å². The monoisotopic (exact) mass is 403 g/mol. The topological polar surface area (TPSA) is 64.1 Å². The number of methoxy groups -OCH3 is 1. The van der Waals surface area contributed by atoms with Gasteiger partial charge in [0.25, 0.3) is 0 Å². The van der Waals surface area contributed by atoms with Crippen LogP contribution >= 0.6 is 0 Å². The van der Waals surface area contributed by atoms with Gasteiger partial charge in [0.15, 0.2) is 24.1 Å². The fourth-order valence-corrected chi connectivity index (χ4v) is 2.85. The fourth-order valence-electron chi connectivity index (χ4n) is 2.85. The fraction of sp³-hybridized carbons (Fsp3) is 0.632. The largest absolute Gasteiger partial charge is 0.493 e. The molecule has 2 N–H and O–H groups in total. The molecule has 1 saturated heterocycles. The molecule has 1 unspecified atom stereocenters. The minimum absolute atomic E-state index is 0.0453. The van der Waals surface area contributed by atoms with Crippen LogP contribution in [0.25, 0.3) is 0 Å². The van der Waals surface area contributed by atoms with Crippen LogP contribution in [0.15, 0.2) is 23.2 Å². The molecular weight excluding hydrogens is 375 g/mol. The predicted octanol–water partition coefficient (Wildman–Crippen LogP) is 3.26. The van der Waals surface area contributed by atoms with Crippen molar-refractivity contribution in [2.45, 2.75) is 45.0 Å². The van der Waals surface area contributed by atoms with Crippen molar-refractivity contribution in [2.24, 2.45) is 4.99 Å². The third-order valence-corrected chi connectivity index (χ3v) is 4.31. The van der Waals surface area contributed by atoms with E-state index in [1.807, 2.05) is 6.92 Å². The van der Waals surface area contributed by atoms with Crippen LogP contribution < -0.4 is 20.1 Å². The second kappa shape index (κ2) is 9.86. The smallest absolute Gasteiger partial charge is 0.422 e. The van der Waals surface area contributed by atoms with Crippen molar-refractivity contribution in [2.75, 3.05) is 33.4 Å². The van der Waals surface area contributed by atoms with E-state index in [0.717, 1.165) is 25.0 Å². The lowest BCUT2D eigenvalue weighted by molar-refractivity contribution is -0.153. The number of nitrogens with zero attached hydrogens (tertiary/aromatic N) is 1. The van der Waals surface area contributed by atoms with Crippen LogP contribution in [0.4, 0.5) is 13.2 Å². The van der Waals surface area contributed by atoms with Gasteiger partial charge in [-0.2, -0.15) is 13.2 Å². The molecule has 0 bridgehead atoms. The minimum atomic E-state index is -4.40. The Kier molecular flexibility index (Phi) is 7.79. The predicted molar refractivity (Wildman–Crippen MR) is 101 cm³/mol.